The Balaban J connectivity index is 2.60. The highest BCUT2D eigenvalue weighted by atomic mass is 32.2. The molecular weight excluding hydrogens is 651 g/mol. The third-order valence-corrected chi connectivity index (χ3v) is 7.71. The third kappa shape index (κ3) is 8.15. The van der Waals surface area contributed by atoms with Crippen LogP contribution in [-0.4, -0.2) is 84.2 Å². The number of aliphatic hydroxyl groups is 1. The predicted molar refractivity (Wildman–Crippen MR) is 107 cm³/mol. The monoisotopic (exact) mass is 666 g/mol. The first-order valence-electron chi connectivity index (χ1n) is 9.83. The summed E-state index contributed by atoms with van der Waals surface area (Å²) in [6.45, 7) is -2.97. The molecule has 40 heavy (non-hydrogen) atoms. The molecule has 0 radical (unpaired) electrons. The maximum atomic E-state index is 13.0. The second kappa shape index (κ2) is 11.8. The van der Waals surface area contributed by atoms with Crippen molar-refractivity contribution in [2.45, 2.75) is 53.8 Å². The van der Waals surface area contributed by atoms with E-state index < -0.39 is 90.8 Å². The highest BCUT2D eigenvalue weighted by Gasteiger charge is 2.59. The maximum absolute atomic E-state index is 13.0. The molecular formula is C16H15F9O12S3. The fourth-order valence-electron chi connectivity index (χ4n) is 2.83. The molecule has 1 aromatic carbocycles. The van der Waals surface area contributed by atoms with Gasteiger partial charge in [0.25, 0.3) is 0 Å². The number of aliphatic hydroxyl groups excluding tert-OH is 1. The van der Waals surface area contributed by atoms with E-state index in [-0.39, 0.29) is 5.56 Å². The smallest absolute Gasteiger partial charge is 0.368 e. The molecule has 12 nitrogen and oxygen atoms in total. The number of ether oxygens (including phenoxy) is 2. The summed E-state index contributed by atoms with van der Waals surface area (Å²) in [5.41, 5.74) is -18.6. The van der Waals surface area contributed by atoms with E-state index in [2.05, 4.69) is 17.3 Å². The fourth-order valence-corrected chi connectivity index (χ4v) is 4.52. The Kier molecular flexibility index (Phi) is 10.2. The average Bonchev–Trinajstić information content (AvgIpc) is 2.77. The topological polar surface area (TPSA) is 169 Å². The molecule has 0 saturated carbocycles. The van der Waals surface area contributed by atoms with E-state index in [4.69, 9.17) is 4.74 Å². The van der Waals surface area contributed by atoms with Gasteiger partial charge < -0.3 is 14.6 Å². The summed E-state index contributed by atoms with van der Waals surface area (Å²) in [5.74, 6) is 0. The van der Waals surface area contributed by atoms with Crippen LogP contribution in [0.1, 0.15) is 5.56 Å². The molecule has 0 spiro atoms. The molecule has 0 aromatic heterocycles. The van der Waals surface area contributed by atoms with Crippen LogP contribution < -0.4 is 0 Å². The summed E-state index contributed by atoms with van der Waals surface area (Å²) in [6, 6.07) is 6.56. The van der Waals surface area contributed by atoms with Crippen molar-refractivity contribution in [2.75, 3.05) is 6.61 Å². The Labute approximate surface area is 218 Å². The van der Waals surface area contributed by atoms with Gasteiger partial charge in [0.2, 0.25) is 0 Å². The second-order valence-electron chi connectivity index (χ2n) is 7.43. The molecule has 232 valence electrons. The van der Waals surface area contributed by atoms with Gasteiger partial charge in [0.15, 0.2) is 12.4 Å². The predicted octanol–water partition coefficient (Wildman–Crippen LogP) is 1.62. The van der Waals surface area contributed by atoms with Gasteiger partial charge in [-0.1, -0.05) is 30.3 Å². The van der Waals surface area contributed by atoms with Crippen molar-refractivity contribution in [3.8, 4) is 0 Å². The molecule has 1 saturated heterocycles. The SMILES string of the molecule is O=S(=O)(OC[C@H]1O[C@@H](O)[C@H](OS(=O)(=O)C(F)(F)F)[C@@H](OCc2ccccc2)[C@@H]1OS(=O)(=O)C(F)(F)F)C(F)(F)F. The van der Waals surface area contributed by atoms with Crippen LogP contribution in [0.25, 0.3) is 0 Å². The van der Waals surface area contributed by atoms with Crippen LogP contribution in [0.5, 0.6) is 0 Å². The van der Waals surface area contributed by atoms with Crippen molar-refractivity contribution < 1.29 is 91.9 Å². The Morgan fingerprint density at radius 1 is 0.700 bits per heavy atom. The van der Waals surface area contributed by atoms with Gasteiger partial charge in [-0.25, -0.2) is 0 Å². The standard InChI is InChI=1S/C16H15F9O12S3/c17-14(18,19)38(27,28)34-7-9-10(36-39(29,30)15(20,21)22)11(33-6-8-4-2-1-3-5-8)12(13(26)35-9)37-40(31,32)16(23,24)25/h1-5,9-13,26H,6-7H2/t9-,10-,11+,12-,13-/m1/s1. The first-order chi connectivity index (χ1) is 17.9. The van der Waals surface area contributed by atoms with Gasteiger partial charge in [0, 0.05) is 0 Å². The Morgan fingerprint density at radius 2 is 1.15 bits per heavy atom. The van der Waals surface area contributed by atoms with Crippen molar-refractivity contribution in [1.29, 1.82) is 0 Å². The molecule has 5 atom stereocenters. The maximum Gasteiger partial charge on any atom is 0.523 e. The molecule has 1 aromatic rings. The van der Waals surface area contributed by atoms with Crippen molar-refractivity contribution in [1.82, 2.24) is 0 Å². The highest BCUT2D eigenvalue weighted by Crippen LogP contribution is 2.36. The number of alkyl halides is 9. The zero-order valence-electron chi connectivity index (χ0n) is 18.8. The average molecular weight is 666 g/mol. The van der Waals surface area contributed by atoms with Gasteiger partial charge in [-0.3, -0.25) is 12.5 Å². The van der Waals surface area contributed by atoms with Crippen molar-refractivity contribution in [3.63, 3.8) is 0 Å². The minimum Gasteiger partial charge on any atom is -0.368 e. The molecule has 0 aliphatic carbocycles. The first-order valence-corrected chi connectivity index (χ1v) is 14.1. The quantitative estimate of drug-likeness (QED) is 0.218. The lowest BCUT2D eigenvalue weighted by Gasteiger charge is -2.43. The summed E-state index contributed by atoms with van der Waals surface area (Å²) in [5, 5.41) is 10.1. The third-order valence-electron chi connectivity index (χ3n) is 4.61. The van der Waals surface area contributed by atoms with Gasteiger partial charge in [-0.05, 0) is 5.56 Å². The Hall–Kier alpha value is -1.80. The summed E-state index contributed by atoms with van der Waals surface area (Å²) in [4.78, 5) is 0. The molecule has 0 unspecified atom stereocenters. The minimum absolute atomic E-state index is 0.0470. The van der Waals surface area contributed by atoms with Gasteiger partial charge >= 0.3 is 46.9 Å². The molecule has 24 heteroatoms. The van der Waals surface area contributed by atoms with Crippen molar-refractivity contribution in [2.24, 2.45) is 0 Å². The van der Waals surface area contributed by atoms with Gasteiger partial charge in [-0.15, -0.1) is 0 Å². The Bertz CT molecular complexity index is 1330. The molecule has 1 aliphatic rings. The summed E-state index contributed by atoms with van der Waals surface area (Å²) in [7, 11) is -20.1. The molecule has 1 aliphatic heterocycles. The van der Waals surface area contributed by atoms with Crippen LogP contribution in [0.3, 0.4) is 0 Å². The fraction of sp³-hybridized carbons (Fsp3) is 0.625. The zero-order valence-corrected chi connectivity index (χ0v) is 21.2. The lowest BCUT2D eigenvalue weighted by atomic mass is 9.99. The lowest BCUT2D eigenvalue weighted by molar-refractivity contribution is -0.285. The zero-order chi connectivity index (χ0) is 30.9. The molecule has 1 heterocycles. The van der Waals surface area contributed by atoms with E-state index in [1.165, 1.54) is 30.3 Å². The normalized spacial score (nSPS) is 25.6. The highest BCUT2D eigenvalue weighted by molar-refractivity contribution is 7.88. The molecule has 0 bridgehead atoms. The van der Waals surface area contributed by atoms with Crippen LogP contribution in [0.2, 0.25) is 0 Å². The van der Waals surface area contributed by atoms with E-state index in [9.17, 15) is 69.9 Å². The number of hydrogen-bond acceptors (Lipinski definition) is 12. The molecule has 2 rings (SSSR count). The van der Waals surface area contributed by atoms with Crippen LogP contribution >= 0.6 is 0 Å². The first kappa shape index (κ1) is 34.4. The van der Waals surface area contributed by atoms with Crippen LogP contribution in [-0.2, 0) is 59.0 Å². The summed E-state index contributed by atoms with van der Waals surface area (Å²) >= 11 is 0. The summed E-state index contributed by atoms with van der Waals surface area (Å²) in [6.07, 6.45) is -14.9. The van der Waals surface area contributed by atoms with E-state index in [1.54, 1.807) is 0 Å². The molecule has 0 amide bonds. The van der Waals surface area contributed by atoms with Crippen molar-refractivity contribution in [3.05, 3.63) is 35.9 Å². The van der Waals surface area contributed by atoms with Crippen LogP contribution in [0.15, 0.2) is 30.3 Å². The second-order valence-corrected chi connectivity index (χ2v) is 12.2. The van der Waals surface area contributed by atoms with Crippen LogP contribution in [0, 0.1) is 0 Å². The van der Waals surface area contributed by atoms with Crippen LogP contribution in [0.4, 0.5) is 39.5 Å². The number of rotatable bonds is 10. The molecule has 1 fully saturated rings. The van der Waals surface area contributed by atoms with E-state index >= 15 is 0 Å². The minimum atomic E-state index is -6.84. The number of halogens is 9. The van der Waals surface area contributed by atoms with E-state index in [0.717, 1.165) is 0 Å². The van der Waals surface area contributed by atoms with Gasteiger partial charge in [0.05, 0.1) is 13.2 Å². The van der Waals surface area contributed by atoms with Crippen molar-refractivity contribution >= 4 is 30.4 Å². The molecule has 1 N–H and O–H groups in total. The number of benzene rings is 1. The lowest BCUT2D eigenvalue weighted by Crippen LogP contribution is -2.63. The van der Waals surface area contributed by atoms with Gasteiger partial charge in [-0.2, -0.15) is 64.8 Å². The Morgan fingerprint density at radius 3 is 1.60 bits per heavy atom. The summed E-state index contributed by atoms with van der Waals surface area (Å²) < 4.78 is 205. The van der Waals surface area contributed by atoms with E-state index in [0.29, 0.717) is 0 Å². The largest absolute Gasteiger partial charge is 0.523 e. The van der Waals surface area contributed by atoms with E-state index in [1.807, 2.05) is 0 Å². The van der Waals surface area contributed by atoms with Gasteiger partial charge in [0.1, 0.15) is 18.3 Å². The number of hydrogen-bond donors (Lipinski definition) is 1.